The first-order valence-corrected chi connectivity index (χ1v) is 9.29. The fraction of sp³-hybridized carbons (Fsp3) is 0.190. The number of anilines is 1. The molecule has 3 rings (SSSR count). The van der Waals surface area contributed by atoms with Gasteiger partial charge in [-0.2, -0.15) is 0 Å². The van der Waals surface area contributed by atoms with E-state index < -0.39 is 18.0 Å². The summed E-state index contributed by atoms with van der Waals surface area (Å²) in [6, 6.07) is 15.3. The summed E-state index contributed by atoms with van der Waals surface area (Å²) in [4.78, 5) is 37.6. The average molecular weight is 414 g/mol. The molecule has 0 bridgehead atoms. The first-order valence-electron chi connectivity index (χ1n) is 8.91. The van der Waals surface area contributed by atoms with E-state index in [0.717, 1.165) is 0 Å². The summed E-state index contributed by atoms with van der Waals surface area (Å²) in [6.07, 6.45) is -1.11. The number of carbonyl (C=O) groups is 2. The highest BCUT2D eigenvalue weighted by Crippen LogP contribution is 2.16. The molecule has 1 aromatic heterocycles. The summed E-state index contributed by atoms with van der Waals surface area (Å²) in [5.41, 5.74) is 1.23. The number of nitrogens with zero attached hydrogens (tertiary/aromatic N) is 2. The van der Waals surface area contributed by atoms with Crippen LogP contribution in [0.4, 0.5) is 5.69 Å². The van der Waals surface area contributed by atoms with Crippen LogP contribution >= 0.6 is 11.6 Å². The van der Waals surface area contributed by atoms with Crippen LogP contribution in [0, 0.1) is 6.92 Å². The van der Waals surface area contributed by atoms with Gasteiger partial charge in [-0.1, -0.05) is 35.9 Å². The lowest BCUT2D eigenvalue weighted by atomic mass is 10.2. The molecule has 1 amide bonds. The molecule has 150 valence electrons. The number of hydrogen-bond acceptors (Lipinski definition) is 4. The van der Waals surface area contributed by atoms with Gasteiger partial charge >= 0.3 is 5.97 Å². The van der Waals surface area contributed by atoms with Crippen LogP contribution in [0.3, 0.4) is 0 Å². The minimum atomic E-state index is -1.11. The van der Waals surface area contributed by atoms with Gasteiger partial charge in [0.25, 0.3) is 11.5 Å². The van der Waals surface area contributed by atoms with E-state index in [1.165, 1.54) is 17.7 Å². The van der Waals surface area contributed by atoms with Gasteiger partial charge in [-0.25, -0.2) is 9.48 Å². The van der Waals surface area contributed by atoms with Gasteiger partial charge in [0, 0.05) is 12.1 Å². The smallest absolute Gasteiger partial charge is 0.338 e. The highest BCUT2D eigenvalue weighted by molar-refractivity contribution is 6.30. The van der Waals surface area contributed by atoms with Crippen LogP contribution in [0.15, 0.2) is 59.4 Å². The van der Waals surface area contributed by atoms with Crippen molar-refractivity contribution in [3.05, 3.63) is 81.2 Å². The maximum absolute atomic E-state index is 12.9. The predicted molar refractivity (Wildman–Crippen MR) is 111 cm³/mol. The van der Waals surface area contributed by atoms with Crippen molar-refractivity contribution in [3.8, 4) is 5.69 Å². The Balaban J connectivity index is 1.79. The second kappa shape index (κ2) is 8.36. The fourth-order valence-electron chi connectivity index (χ4n) is 2.83. The summed E-state index contributed by atoms with van der Waals surface area (Å²) < 4.78 is 8.30. The Kier molecular flexibility index (Phi) is 5.89. The van der Waals surface area contributed by atoms with Gasteiger partial charge in [0.1, 0.15) is 5.69 Å². The second-order valence-corrected chi connectivity index (χ2v) is 6.92. The molecular weight excluding hydrogens is 394 g/mol. The zero-order valence-corrected chi connectivity index (χ0v) is 16.9. The number of para-hydroxylation sites is 1. The molecule has 0 aliphatic rings. The largest absolute Gasteiger partial charge is 0.449 e. The molecular formula is C21H20ClN3O4. The van der Waals surface area contributed by atoms with Crippen LogP contribution in [-0.2, 0) is 16.6 Å². The Bertz CT molecular complexity index is 1120. The first kappa shape index (κ1) is 20.4. The zero-order chi connectivity index (χ0) is 21.1. The van der Waals surface area contributed by atoms with Gasteiger partial charge in [-0.15, -0.1) is 0 Å². The highest BCUT2D eigenvalue weighted by atomic mass is 35.5. The zero-order valence-electron chi connectivity index (χ0n) is 16.2. The number of ether oxygens (including phenoxy) is 1. The van der Waals surface area contributed by atoms with Crippen LogP contribution in [0.5, 0.6) is 0 Å². The van der Waals surface area contributed by atoms with Crippen LogP contribution < -0.4 is 10.9 Å². The number of hydrogen-bond donors (Lipinski definition) is 1. The van der Waals surface area contributed by atoms with Gasteiger partial charge in [0.05, 0.1) is 16.9 Å². The molecule has 1 heterocycles. The minimum absolute atomic E-state index is 0.131. The van der Waals surface area contributed by atoms with E-state index in [0.29, 0.717) is 16.4 Å². The van der Waals surface area contributed by atoms with E-state index >= 15 is 0 Å². The van der Waals surface area contributed by atoms with Gasteiger partial charge in [-0.3, -0.25) is 14.3 Å². The molecule has 8 heteroatoms. The van der Waals surface area contributed by atoms with E-state index in [1.54, 1.807) is 49.0 Å². The van der Waals surface area contributed by atoms with E-state index in [2.05, 4.69) is 5.32 Å². The van der Waals surface area contributed by atoms with Crippen molar-refractivity contribution in [2.75, 3.05) is 5.32 Å². The molecule has 0 saturated carbocycles. The summed E-state index contributed by atoms with van der Waals surface area (Å²) in [6.45, 7) is 3.16. The predicted octanol–water partition coefficient (Wildman–Crippen LogP) is 3.32. The standard InChI is InChI=1S/C21H20ClN3O4/c1-13-18(20(27)25(24(13)3)17-10-5-4-6-11-17)23-19(26)14(2)29-21(28)15-8-7-9-16(22)12-15/h4-12,14H,1-3H3,(H,23,26)/t14-/m1/s1. The average Bonchev–Trinajstić information content (AvgIpc) is 2.91. The van der Waals surface area contributed by atoms with Crippen molar-refractivity contribution in [1.82, 2.24) is 9.36 Å². The van der Waals surface area contributed by atoms with Crippen molar-refractivity contribution < 1.29 is 14.3 Å². The highest BCUT2D eigenvalue weighted by Gasteiger charge is 2.23. The quantitative estimate of drug-likeness (QED) is 0.650. The molecule has 2 aromatic carbocycles. The lowest BCUT2D eigenvalue weighted by Gasteiger charge is -2.13. The molecule has 0 aliphatic heterocycles. The molecule has 0 radical (unpaired) electrons. The van der Waals surface area contributed by atoms with E-state index in [1.807, 2.05) is 18.2 Å². The number of rotatable bonds is 5. The molecule has 3 aromatic rings. The molecule has 0 aliphatic carbocycles. The third kappa shape index (κ3) is 4.25. The maximum atomic E-state index is 12.9. The van der Waals surface area contributed by atoms with Crippen LogP contribution in [-0.4, -0.2) is 27.3 Å². The van der Waals surface area contributed by atoms with Crippen LogP contribution in [0.1, 0.15) is 23.0 Å². The molecule has 7 nitrogen and oxygen atoms in total. The molecule has 29 heavy (non-hydrogen) atoms. The summed E-state index contributed by atoms with van der Waals surface area (Å²) in [7, 11) is 1.72. The fourth-order valence-corrected chi connectivity index (χ4v) is 3.02. The van der Waals surface area contributed by atoms with E-state index in [4.69, 9.17) is 16.3 Å². The Morgan fingerprint density at radius 3 is 2.45 bits per heavy atom. The molecule has 1 atom stereocenters. The maximum Gasteiger partial charge on any atom is 0.338 e. The lowest BCUT2D eigenvalue weighted by Crippen LogP contribution is -2.32. The van der Waals surface area contributed by atoms with E-state index in [-0.39, 0.29) is 16.8 Å². The monoisotopic (exact) mass is 413 g/mol. The first-order chi connectivity index (χ1) is 13.8. The molecule has 1 N–H and O–H groups in total. The molecule has 0 saturated heterocycles. The van der Waals surface area contributed by atoms with Crippen molar-refractivity contribution in [3.63, 3.8) is 0 Å². The Morgan fingerprint density at radius 2 is 1.79 bits per heavy atom. The van der Waals surface area contributed by atoms with Crippen LogP contribution in [0.25, 0.3) is 5.69 Å². The van der Waals surface area contributed by atoms with Gasteiger partial charge in [-0.05, 0) is 44.2 Å². The van der Waals surface area contributed by atoms with Crippen molar-refractivity contribution in [2.24, 2.45) is 7.05 Å². The third-order valence-corrected chi connectivity index (χ3v) is 4.75. The summed E-state index contributed by atoms with van der Waals surface area (Å²) in [5.74, 6) is -1.28. The number of benzene rings is 2. The van der Waals surface area contributed by atoms with E-state index in [9.17, 15) is 14.4 Å². The molecule has 0 spiro atoms. The third-order valence-electron chi connectivity index (χ3n) is 4.52. The van der Waals surface area contributed by atoms with Crippen molar-refractivity contribution >= 4 is 29.2 Å². The Morgan fingerprint density at radius 1 is 1.10 bits per heavy atom. The topological polar surface area (TPSA) is 82.3 Å². The van der Waals surface area contributed by atoms with Crippen molar-refractivity contribution in [2.45, 2.75) is 20.0 Å². The van der Waals surface area contributed by atoms with Gasteiger partial charge in [0.15, 0.2) is 6.10 Å². The molecule has 0 unspecified atom stereocenters. The number of aromatic nitrogens is 2. The molecule has 0 fully saturated rings. The Labute approximate surface area is 172 Å². The number of esters is 1. The number of nitrogens with one attached hydrogen (secondary N) is 1. The van der Waals surface area contributed by atoms with Crippen LogP contribution in [0.2, 0.25) is 5.02 Å². The second-order valence-electron chi connectivity index (χ2n) is 6.48. The van der Waals surface area contributed by atoms with Gasteiger partial charge in [0.2, 0.25) is 0 Å². The minimum Gasteiger partial charge on any atom is -0.449 e. The van der Waals surface area contributed by atoms with Crippen molar-refractivity contribution in [1.29, 1.82) is 0 Å². The van der Waals surface area contributed by atoms with Gasteiger partial charge < -0.3 is 10.1 Å². The SMILES string of the molecule is Cc1c(NC(=O)[C@@H](C)OC(=O)c2cccc(Cl)c2)c(=O)n(-c2ccccc2)n1C. The normalized spacial score (nSPS) is 11.7. The number of amides is 1. The number of halogens is 1. The Hall–Kier alpha value is -3.32. The lowest BCUT2D eigenvalue weighted by molar-refractivity contribution is -0.123. The number of carbonyl (C=O) groups excluding carboxylic acids is 2. The summed E-state index contributed by atoms with van der Waals surface area (Å²) >= 11 is 5.87. The summed E-state index contributed by atoms with van der Waals surface area (Å²) in [5, 5.41) is 2.97.